The first-order chi connectivity index (χ1) is 14.2. The van der Waals surface area contributed by atoms with Crippen molar-refractivity contribution in [3.63, 3.8) is 0 Å². The Morgan fingerprint density at radius 1 is 0.793 bits per heavy atom. The minimum absolute atomic E-state index is 0.166. The Hall–Kier alpha value is -3.21. The minimum Gasteiger partial charge on any atom is -0.440 e. The van der Waals surface area contributed by atoms with Crippen LogP contribution in [0.25, 0.3) is 0 Å². The molecule has 0 amide bonds. The molecule has 1 heterocycles. The van der Waals surface area contributed by atoms with Crippen LogP contribution in [-0.2, 0) is 23.6 Å². The Kier molecular flexibility index (Phi) is 5.56. The zero-order chi connectivity index (χ0) is 20.1. The van der Waals surface area contributed by atoms with E-state index in [9.17, 15) is 5.11 Å². The van der Waals surface area contributed by atoms with Crippen LogP contribution in [0.5, 0.6) is 0 Å². The van der Waals surface area contributed by atoms with Gasteiger partial charge in [0.15, 0.2) is 5.76 Å². The highest BCUT2D eigenvalue weighted by Gasteiger charge is 2.38. The molecule has 4 heteroatoms. The molecule has 0 unspecified atom stereocenters. The number of nitrogens with zero attached hydrogens (tertiary/aromatic N) is 1. The van der Waals surface area contributed by atoms with Gasteiger partial charge in [-0.05, 0) is 23.6 Å². The Labute approximate surface area is 170 Å². The highest BCUT2D eigenvalue weighted by molar-refractivity contribution is 5.47. The van der Waals surface area contributed by atoms with E-state index in [1.165, 1.54) is 0 Å². The smallest absolute Gasteiger partial charge is 0.220 e. The van der Waals surface area contributed by atoms with E-state index in [4.69, 9.17) is 9.15 Å². The number of oxazole rings is 1. The normalized spacial score (nSPS) is 11.5. The molecule has 4 nitrogen and oxygen atoms in total. The second-order valence-corrected chi connectivity index (χ2v) is 6.84. The number of hydrogen-bond acceptors (Lipinski definition) is 4. The number of aliphatic hydroxyl groups excluding tert-OH is 1. The number of aryl methyl sites for hydroxylation is 1. The van der Waals surface area contributed by atoms with E-state index in [0.29, 0.717) is 17.3 Å². The van der Waals surface area contributed by atoms with Gasteiger partial charge >= 0.3 is 0 Å². The Morgan fingerprint density at radius 3 is 1.62 bits per heavy atom. The SMILES string of the molecule is Cc1nc(COC(c2ccccc2)(c2ccccc2)c2ccccc2)oc1CO. The van der Waals surface area contributed by atoms with Gasteiger partial charge in [0.25, 0.3) is 0 Å². The van der Waals surface area contributed by atoms with E-state index >= 15 is 0 Å². The van der Waals surface area contributed by atoms with Crippen LogP contribution >= 0.6 is 0 Å². The van der Waals surface area contributed by atoms with E-state index in [0.717, 1.165) is 16.7 Å². The van der Waals surface area contributed by atoms with Crippen molar-refractivity contribution in [1.82, 2.24) is 4.98 Å². The first-order valence-electron chi connectivity index (χ1n) is 9.60. The summed E-state index contributed by atoms with van der Waals surface area (Å²) < 4.78 is 12.3. The van der Waals surface area contributed by atoms with Gasteiger partial charge in [0.1, 0.15) is 18.8 Å². The summed E-state index contributed by atoms with van der Waals surface area (Å²) in [6.45, 7) is 1.80. The molecule has 0 aliphatic carbocycles. The van der Waals surface area contributed by atoms with E-state index in [2.05, 4.69) is 41.4 Å². The monoisotopic (exact) mass is 385 g/mol. The number of aromatic nitrogens is 1. The average Bonchev–Trinajstić information content (AvgIpc) is 3.16. The maximum absolute atomic E-state index is 9.42. The lowest BCUT2D eigenvalue weighted by atomic mass is 9.80. The maximum atomic E-state index is 9.42. The molecule has 4 rings (SSSR count). The minimum atomic E-state index is -0.828. The molecule has 0 fully saturated rings. The van der Waals surface area contributed by atoms with Crippen molar-refractivity contribution in [3.8, 4) is 0 Å². The number of hydrogen-bond donors (Lipinski definition) is 1. The summed E-state index contributed by atoms with van der Waals surface area (Å²) in [6.07, 6.45) is 0. The topological polar surface area (TPSA) is 55.5 Å². The zero-order valence-corrected chi connectivity index (χ0v) is 16.3. The number of benzene rings is 3. The lowest BCUT2D eigenvalue weighted by molar-refractivity contribution is -0.0108. The van der Waals surface area contributed by atoms with Crippen LogP contribution in [0, 0.1) is 6.92 Å². The van der Waals surface area contributed by atoms with Crippen LogP contribution in [0.15, 0.2) is 95.4 Å². The number of aliphatic hydroxyl groups is 1. The summed E-state index contributed by atoms with van der Waals surface area (Å²) in [6, 6.07) is 30.5. The molecular formula is C25H23NO3. The van der Waals surface area contributed by atoms with Crippen LogP contribution in [-0.4, -0.2) is 10.1 Å². The second kappa shape index (κ2) is 8.43. The lowest BCUT2D eigenvalue weighted by Gasteiger charge is -2.35. The molecule has 0 spiro atoms. The summed E-state index contributed by atoms with van der Waals surface area (Å²) >= 11 is 0. The number of rotatable bonds is 7. The van der Waals surface area contributed by atoms with Gasteiger partial charge in [0.2, 0.25) is 5.89 Å². The molecule has 4 aromatic rings. The summed E-state index contributed by atoms with van der Waals surface area (Å²) in [7, 11) is 0. The predicted molar refractivity (Wildman–Crippen MR) is 111 cm³/mol. The van der Waals surface area contributed by atoms with Gasteiger partial charge in [-0.3, -0.25) is 0 Å². The molecular weight excluding hydrogens is 362 g/mol. The van der Waals surface area contributed by atoms with Gasteiger partial charge in [-0.2, -0.15) is 0 Å². The molecule has 0 bridgehead atoms. The maximum Gasteiger partial charge on any atom is 0.220 e. The lowest BCUT2D eigenvalue weighted by Crippen LogP contribution is -2.32. The van der Waals surface area contributed by atoms with Crippen molar-refractivity contribution in [3.05, 3.63) is 125 Å². The van der Waals surface area contributed by atoms with E-state index < -0.39 is 5.60 Å². The van der Waals surface area contributed by atoms with Crippen LogP contribution in [0.1, 0.15) is 34.0 Å². The van der Waals surface area contributed by atoms with Gasteiger partial charge in [-0.1, -0.05) is 91.0 Å². The van der Waals surface area contributed by atoms with Crippen molar-refractivity contribution < 1.29 is 14.3 Å². The van der Waals surface area contributed by atoms with Gasteiger partial charge in [-0.15, -0.1) is 0 Å². The van der Waals surface area contributed by atoms with E-state index in [1.807, 2.05) is 61.5 Å². The molecule has 3 aromatic carbocycles. The summed E-state index contributed by atoms with van der Waals surface area (Å²) in [4.78, 5) is 4.41. The summed E-state index contributed by atoms with van der Waals surface area (Å²) in [5.41, 5.74) is 2.90. The second-order valence-electron chi connectivity index (χ2n) is 6.84. The molecule has 146 valence electrons. The predicted octanol–water partition coefficient (Wildman–Crippen LogP) is 4.98. The molecule has 0 atom stereocenters. The fourth-order valence-corrected chi connectivity index (χ4v) is 3.64. The highest BCUT2D eigenvalue weighted by Crippen LogP contribution is 2.41. The summed E-state index contributed by atoms with van der Waals surface area (Å²) in [5, 5.41) is 9.42. The molecule has 0 saturated carbocycles. The third-order valence-electron chi connectivity index (χ3n) is 5.03. The highest BCUT2D eigenvalue weighted by atomic mass is 16.5. The van der Waals surface area contributed by atoms with Crippen LogP contribution < -0.4 is 0 Å². The molecule has 29 heavy (non-hydrogen) atoms. The van der Waals surface area contributed by atoms with Crippen LogP contribution in [0.4, 0.5) is 0 Å². The zero-order valence-electron chi connectivity index (χ0n) is 16.3. The van der Waals surface area contributed by atoms with E-state index in [-0.39, 0.29) is 13.2 Å². The van der Waals surface area contributed by atoms with Gasteiger partial charge in [-0.25, -0.2) is 4.98 Å². The average molecular weight is 385 g/mol. The summed E-state index contributed by atoms with van der Waals surface area (Å²) in [5.74, 6) is 0.909. The Balaban J connectivity index is 1.85. The first kappa shape index (κ1) is 19.1. The van der Waals surface area contributed by atoms with Crippen LogP contribution in [0.3, 0.4) is 0 Å². The molecule has 0 aliphatic heterocycles. The Morgan fingerprint density at radius 2 is 1.24 bits per heavy atom. The van der Waals surface area contributed by atoms with E-state index in [1.54, 1.807) is 0 Å². The third-order valence-corrected chi connectivity index (χ3v) is 5.03. The van der Waals surface area contributed by atoms with Crippen LogP contribution in [0.2, 0.25) is 0 Å². The Bertz CT molecular complexity index is 947. The van der Waals surface area contributed by atoms with Crippen molar-refractivity contribution >= 4 is 0 Å². The standard InChI is InChI=1S/C25H23NO3/c1-19-23(17-27)29-24(26-19)18-28-25(20-11-5-2-6-12-20,21-13-7-3-8-14-21)22-15-9-4-10-16-22/h2-16,27H,17-18H2,1H3. The van der Waals surface area contributed by atoms with Crippen molar-refractivity contribution in [2.75, 3.05) is 0 Å². The largest absolute Gasteiger partial charge is 0.440 e. The molecule has 1 aromatic heterocycles. The quantitative estimate of drug-likeness (QED) is 0.456. The van der Waals surface area contributed by atoms with Crippen molar-refractivity contribution in [1.29, 1.82) is 0 Å². The first-order valence-corrected chi connectivity index (χ1v) is 9.60. The third kappa shape index (κ3) is 3.73. The fraction of sp³-hybridized carbons (Fsp3) is 0.160. The van der Waals surface area contributed by atoms with Gasteiger partial charge in [0.05, 0.1) is 5.69 Å². The van der Waals surface area contributed by atoms with Crippen molar-refractivity contribution in [2.45, 2.75) is 25.7 Å². The van der Waals surface area contributed by atoms with Gasteiger partial charge < -0.3 is 14.3 Å². The van der Waals surface area contributed by atoms with Crippen molar-refractivity contribution in [2.24, 2.45) is 0 Å². The fourth-order valence-electron chi connectivity index (χ4n) is 3.64. The molecule has 0 saturated heterocycles. The van der Waals surface area contributed by atoms with Gasteiger partial charge in [0, 0.05) is 0 Å². The molecule has 1 N–H and O–H groups in total. The molecule has 0 aliphatic rings. The number of ether oxygens (including phenoxy) is 1. The molecule has 0 radical (unpaired) electrons.